The number of H-pyrrole nitrogens is 1. The molecule has 0 aliphatic carbocycles. The first kappa shape index (κ1) is 8.00. The van der Waals surface area contributed by atoms with Crippen LogP contribution in [-0.4, -0.2) is 22.3 Å². The maximum Gasteiger partial charge on any atom is 0.345 e. The van der Waals surface area contributed by atoms with Crippen molar-refractivity contribution in [1.29, 1.82) is 0 Å². The van der Waals surface area contributed by atoms with E-state index >= 15 is 0 Å². The Morgan fingerprint density at radius 1 is 1.62 bits per heavy atom. The van der Waals surface area contributed by atoms with Crippen molar-refractivity contribution in [1.82, 2.24) is 4.98 Å². The minimum absolute atomic E-state index is 0.241. The third kappa shape index (κ3) is 1.13. The van der Waals surface area contributed by atoms with Crippen molar-refractivity contribution in [3.63, 3.8) is 0 Å². The number of aldehydes is 1. The Kier molecular flexibility index (Phi) is 1.66. The van der Waals surface area contributed by atoms with Crippen LogP contribution in [0.3, 0.4) is 0 Å². The van der Waals surface area contributed by atoms with Crippen molar-refractivity contribution in [2.75, 3.05) is 0 Å². The second-order valence-corrected chi connectivity index (χ2v) is 3.57. The smallest absolute Gasteiger partial charge is 0.345 e. The van der Waals surface area contributed by atoms with E-state index in [0.717, 1.165) is 11.3 Å². The Labute approximate surface area is 76.8 Å². The van der Waals surface area contributed by atoms with Crippen LogP contribution < -0.4 is 0 Å². The van der Waals surface area contributed by atoms with Crippen LogP contribution in [0, 0.1) is 0 Å². The predicted octanol–water partition coefficient (Wildman–Crippen LogP) is 1.74. The molecule has 0 aliphatic heterocycles. The van der Waals surface area contributed by atoms with Gasteiger partial charge in [0, 0.05) is 11.8 Å². The molecule has 0 fully saturated rings. The number of thiophene rings is 1. The summed E-state index contributed by atoms with van der Waals surface area (Å²) in [4.78, 5) is 24.1. The number of nitrogens with one attached hydrogen (secondary N) is 1. The molecular formula is C8H5NO3S. The van der Waals surface area contributed by atoms with Crippen molar-refractivity contribution < 1.29 is 14.7 Å². The summed E-state index contributed by atoms with van der Waals surface area (Å²) in [7, 11) is 0. The molecule has 0 unspecified atom stereocenters. The molecular weight excluding hydrogens is 190 g/mol. The summed E-state index contributed by atoms with van der Waals surface area (Å²) >= 11 is 1.10. The SMILES string of the molecule is O=Cc1c[nH]c2cc(C(=O)O)sc12. The van der Waals surface area contributed by atoms with Gasteiger partial charge in [0.1, 0.15) is 4.88 Å². The molecule has 0 bridgehead atoms. The van der Waals surface area contributed by atoms with Crippen LogP contribution in [0.4, 0.5) is 0 Å². The fourth-order valence-corrected chi connectivity index (χ4v) is 2.06. The lowest BCUT2D eigenvalue weighted by atomic mass is 10.3. The second kappa shape index (κ2) is 2.70. The first-order chi connectivity index (χ1) is 6.22. The molecule has 0 saturated heterocycles. The molecule has 0 atom stereocenters. The van der Waals surface area contributed by atoms with E-state index in [9.17, 15) is 9.59 Å². The summed E-state index contributed by atoms with van der Waals surface area (Å²) in [6.07, 6.45) is 2.28. The van der Waals surface area contributed by atoms with Gasteiger partial charge in [0.05, 0.1) is 10.2 Å². The molecule has 0 radical (unpaired) electrons. The number of aromatic nitrogens is 1. The van der Waals surface area contributed by atoms with E-state index < -0.39 is 5.97 Å². The molecule has 2 heterocycles. The minimum Gasteiger partial charge on any atom is -0.477 e. The van der Waals surface area contributed by atoms with Gasteiger partial charge < -0.3 is 10.1 Å². The lowest BCUT2D eigenvalue weighted by Crippen LogP contribution is -1.89. The quantitative estimate of drug-likeness (QED) is 0.717. The van der Waals surface area contributed by atoms with Crippen LogP contribution in [0.1, 0.15) is 20.0 Å². The minimum atomic E-state index is -0.966. The Morgan fingerprint density at radius 3 is 3.00 bits per heavy atom. The van der Waals surface area contributed by atoms with Crippen LogP contribution in [0.2, 0.25) is 0 Å². The number of carbonyl (C=O) groups is 2. The van der Waals surface area contributed by atoms with Gasteiger partial charge in [-0.3, -0.25) is 4.79 Å². The zero-order chi connectivity index (χ0) is 9.42. The topological polar surface area (TPSA) is 70.2 Å². The molecule has 0 saturated carbocycles. The Balaban J connectivity index is 2.69. The molecule has 0 amide bonds. The number of rotatable bonds is 2. The molecule has 2 N–H and O–H groups in total. The van der Waals surface area contributed by atoms with E-state index in [-0.39, 0.29) is 4.88 Å². The van der Waals surface area contributed by atoms with Gasteiger partial charge in [-0.1, -0.05) is 0 Å². The van der Waals surface area contributed by atoms with Crippen molar-refractivity contribution in [2.24, 2.45) is 0 Å². The lowest BCUT2D eigenvalue weighted by molar-refractivity contribution is 0.0702. The van der Waals surface area contributed by atoms with Crippen molar-refractivity contribution >= 4 is 33.8 Å². The van der Waals surface area contributed by atoms with Gasteiger partial charge in [-0.15, -0.1) is 11.3 Å². The van der Waals surface area contributed by atoms with Crippen LogP contribution in [0.15, 0.2) is 12.3 Å². The maximum atomic E-state index is 10.6. The maximum absolute atomic E-state index is 10.6. The highest BCUT2D eigenvalue weighted by Gasteiger charge is 2.11. The lowest BCUT2D eigenvalue weighted by Gasteiger charge is -1.81. The molecule has 2 aromatic rings. The second-order valence-electron chi connectivity index (χ2n) is 2.52. The fourth-order valence-electron chi connectivity index (χ4n) is 1.13. The van der Waals surface area contributed by atoms with Crippen molar-refractivity contribution in [2.45, 2.75) is 0 Å². The number of carbonyl (C=O) groups excluding carboxylic acids is 1. The highest BCUT2D eigenvalue weighted by atomic mass is 32.1. The van der Waals surface area contributed by atoms with Crippen LogP contribution >= 0.6 is 11.3 Å². The zero-order valence-corrected chi connectivity index (χ0v) is 7.22. The summed E-state index contributed by atoms with van der Waals surface area (Å²) in [5.41, 5.74) is 1.21. The predicted molar refractivity (Wildman–Crippen MR) is 48.5 cm³/mol. The van der Waals surface area contributed by atoms with E-state index in [1.165, 1.54) is 6.07 Å². The van der Waals surface area contributed by atoms with Gasteiger partial charge in [0.15, 0.2) is 6.29 Å². The number of hydrogen-bond acceptors (Lipinski definition) is 3. The van der Waals surface area contributed by atoms with Gasteiger partial charge in [0.25, 0.3) is 0 Å². The summed E-state index contributed by atoms with van der Waals surface area (Å²) in [6, 6.07) is 1.52. The summed E-state index contributed by atoms with van der Waals surface area (Å²) < 4.78 is 0.701. The first-order valence-electron chi connectivity index (χ1n) is 3.52. The molecule has 0 aliphatic rings. The molecule has 5 heteroatoms. The van der Waals surface area contributed by atoms with E-state index in [1.54, 1.807) is 6.20 Å². The number of aromatic amines is 1. The number of fused-ring (bicyclic) bond motifs is 1. The molecule has 66 valence electrons. The number of carboxylic acid groups (broad SMARTS) is 1. The Hall–Kier alpha value is -1.62. The van der Waals surface area contributed by atoms with Gasteiger partial charge in [-0.25, -0.2) is 4.79 Å². The van der Waals surface area contributed by atoms with Gasteiger partial charge in [0.2, 0.25) is 0 Å². The van der Waals surface area contributed by atoms with E-state index in [0.29, 0.717) is 22.1 Å². The molecule has 13 heavy (non-hydrogen) atoms. The molecule has 4 nitrogen and oxygen atoms in total. The molecule has 2 rings (SSSR count). The normalized spacial score (nSPS) is 10.5. The van der Waals surface area contributed by atoms with Crippen molar-refractivity contribution in [3.8, 4) is 0 Å². The van der Waals surface area contributed by atoms with Crippen molar-refractivity contribution in [3.05, 3.63) is 22.7 Å². The average Bonchev–Trinajstić information content (AvgIpc) is 2.60. The molecule has 0 aromatic carbocycles. The van der Waals surface area contributed by atoms with Crippen LogP contribution in [-0.2, 0) is 0 Å². The molecule has 0 spiro atoms. The van der Waals surface area contributed by atoms with E-state index in [2.05, 4.69) is 4.98 Å². The summed E-state index contributed by atoms with van der Waals surface area (Å²) in [5, 5.41) is 8.68. The zero-order valence-electron chi connectivity index (χ0n) is 6.40. The van der Waals surface area contributed by atoms with Gasteiger partial charge in [-0.2, -0.15) is 0 Å². The van der Waals surface area contributed by atoms with E-state index in [1.807, 2.05) is 0 Å². The fraction of sp³-hybridized carbons (Fsp3) is 0. The standard InChI is InChI=1S/C8H5NO3S/c10-3-4-2-9-5-1-6(8(11)12)13-7(4)5/h1-3,9H,(H,11,12). The largest absolute Gasteiger partial charge is 0.477 e. The Morgan fingerprint density at radius 2 is 2.38 bits per heavy atom. The third-order valence-corrected chi connectivity index (χ3v) is 2.89. The highest BCUT2D eigenvalue weighted by Crippen LogP contribution is 2.27. The van der Waals surface area contributed by atoms with Crippen LogP contribution in [0.25, 0.3) is 10.2 Å². The molecule has 2 aromatic heterocycles. The number of carboxylic acids is 1. The monoisotopic (exact) mass is 195 g/mol. The van der Waals surface area contributed by atoms with Crippen LogP contribution in [0.5, 0.6) is 0 Å². The number of hydrogen-bond donors (Lipinski definition) is 2. The van der Waals surface area contributed by atoms with Gasteiger partial charge in [-0.05, 0) is 6.07 Å². The average molecular weight is 195 g/mol. The highest BCUT2D eigenvalue weighted by molar-refractivity contribution is 7.21. The summed E-state index contributed by atoms with van der Waals surface area (Å²) in [5.74, 6) is -0.966. The number of aromatic carboxylic acids is 1. The third-order valence-electron chi connectivity index (χ3n) is 1.72. The van der Waals surface area contributed by atoms with E-state index in [4.69, 9.17) is 5.11 Å². The summed E-state index contributed by atoms with van der Waals surface area (Å²) in [6.45, 7) is 0. The first-order valence-corrected chi connectivity index (χ1v) is 4.33. The Bertz CT molecular complexity index is 483. The van der Waals surface area contributed by atoms with Gasteiger partial charge >= 0.3 is 5.97 Å².